The van der Waals surface area contributed by atoms with Crippen LogP contribution in [0, 0.1) is 0 Å². The summed E-state index contributed by atoms with van der Waals surface area (Å²) in [4.78, 5) is 14.7. The number of rotatable bonds is 8. The lowest BCUT2D eigenvalue weighted by Gasteiger charge is -2.29. The Bertz CT molecular complexity index is 487. The molecule has 138 valence electrons. The second-order valence-electron chi connectivity index (χ2n) is 6.03. The molecule has 2 heterocycles. The third-order valence-electron chi connectivity index (χ3n) is 4.59. The van der Waals surface area contributed by atoms with Gasteiger partial charge in [0.2, 0.25) is 0 Å². The summed E-state index contributed by atoms with van der Waals surface area (Å²) in [6, 6.07) is 0.549. The van der Waals surface area contributed by atoms with E-state index in [1.165, 1.54) is 0 Å². The first-order valence-corrected chi connectivity index (χ1v) is 8.63. The van der Waals surface area contributed by atoms with Gasteiger partial charge < -0.3 is 15.0 Å². The number of carbonyl (C=O) groups excluding carboxylic acids is 1. The second kappa shape index (κ2) is 10.6. The highest BCUT2D eigenvalue weighted by atomic mass is 35.5. The van der Waals surface area contributed by atoms with E-state index in [0.29, 0.717) is 24.9 Å². The van der Waals surface area contributed by atoms with Gasteiger partial charge >= 0.3 is 0 Å². The molecule has 0 spiro atoms. The Morgan fingerprint density at radius 1 is 1.42 bits per heavy atom. The number of carbonyl (C=O) groups is 1. The Morgan fingerprint density at radius 3 is 2.67 bits per heavy atom. The Balaban J connectivity index is 0.00000288. The quantitative estimate of drug-likeness (QED) is 0.767. The smallest absolute Gasteiger partial charge is 0.276 e. The van der Waals surface area contributed by atoms with Crippen molar-refractivity contribution in [2.45, 2.75) is 51.6 Å². The second-order valence-corrected chi connectivity index (χ2v) is 6.03. The number of ether oxygens (including phenoxy) is 1. The first-order valence-electron chi connectivity index (χ1n) is 8.63. The lowest BCUT2D eigenvalue weighted by Crippen LogP contribution is -2.42. The maximum atomic E-state index is 12.8. The number of nitrogens with one attached hydrogen (secondary N) is 1. The van der Waals surface area contributed by atoms with Crippen molar-refractivity contribution in [3.05, 3.63) is 11.9 Å². The van der Waals surface area contributed by atoms with Gasteiger partial charge in [-0.25, -0.2) is 4.68 Å². The highest BCUT2D eigenvalue weighted by Crippen LogP contribution is 2.18. The summed E-state index contributed by atoms with van der Waals surface area (Å²) in [6.45, 7) is 7.30. The minimum absolute atomic E-state index is 0. The summed E-state index contributed by atoms with van der Waals surface area (Å²) in [5.41, 5.74) is 0.437. The fraction of sp³-hybridized carbons (Fsp3) is 0.812. The van der Waals surface area contributed by atoms with E-state index in [1.54, 1.807) is 13.3 Å². The fourth-order valence-electron chi connectivity index (χ4n) is 3.14. The number of nitrogens with zero attached hydrogens (tertiary/aromatic N) is 4. The van der Waals surface area contributed by atoms with E-state index < -0.39 is 0 Å². The average Bonchev–Trinajstić information content (AvgIpc) is 3.09. The normalized spacial score (nSPS) is 15.3. The predicted octanol–water partition coefficient (Wildman–Crippen LogP) is 1.90. The highest BCUT2D eigenvalue weighted by Gasteiger charge is 2.25. The van der Waals surface area contributed by atoms with Crippen LogP contribution in [0.2, 0.25) is 0 Å². The van der Waals surface area contributed by atoms with E-state index in [2.05, 4.69) is 29.5 Å². The van der Waals surface area contributed by atoms with E-state index in [1.807, 2.05) is 9.58 Å². The zero-order chi connectivity index (χ0) is 16.7. The molecule has 0 aromatic carbocycles. The van der Waals surface area contributed by atoms with Crippen LogP contribution in [-0.2, 0) is 4.74 Å². The Labute approximate surface area is 150 Å². The van der Waals surface area contributed by atoms with Crippen molar-refractivity contribution < 1.29 is 9.53 Å². The molecule has 1 aromatic heterocycles. The monoisotopic (exact) mass is 359 g/mol. The molecule has 8 heteroatoms. The van der Waals surface area contributed by atoms with Crippen molar-refractivity contribution >= 4 is 18.3 Å². The molecule has 0 atom stereocenters. The van der Waals surface area contributed by atoms with Gasteiger partial charge in [0.1, 0.15) is 0 Å². The number of methoxy groups -OCH3 is 1. The lowest BCUT2D eigenvalue weighted by molar-refractivity contribution is 0.0583. The van der Waals surface area contributed by atoms with Crippen LogP contribution in [0.3, 0.4) is 0 Å². The van der Waals surface area contributed by atoms with Crippen LogP contribution >= 0.6 is 12.4 Å². The van der Waals surface area contributed by atoms with Crippen molar-refractivity contribution in [3.63, 3.8) is 0 Å². The Hall–Kier alpha value is -1.18. The van der Waals surface area contributed by atoms with Crippen LogP contribution in [0.25, 0.3) is 0 Å². The van der Waals surface area contributed by atoms with Crippen molar-refractivity contribution in [3.8, 4) is 0 Å². The van der Waals surface area contributed by atoms with E-state index >= 15 is 0 Å². The Kier molecular flexibility index (Phi) is 9.25. The number of hydrogen-bond donors (Lipinski definition) is 1. The number of piperidine rings is 1. The first-order chi connectivity index (χ1) is 11.2. The summed E-state index contributed by atoms with van der Waals surface area (Å²) < 4.78 is 7.01. The molecule has 0 radical (unpaired) electrons. The van der Waals surface area contributed by atoms with E-state index in [-0.39, 0.29) is 24.4 Å². The number of halogens is 1. The topological polar surface area (TPSA) is 72.3 Å². The first kappa shape index (κ1) is 20.9. The zero-order valence-electron chi connectivity index (χ0n) is 14.9. The van der Waals surface area contributed by atoms with Crippen LogP contribution in [0.5, 0.6) is 0 Å². The minimum atomic E-state index is -0.0454. The lowest BCUT2D eigenvalue weighted by atomic mass is 10.1. The van der Waals surface area contributed by atoms with Gasteiger partial charge in [0.05, 0.1) is 18.8 Å². The number of amides is 1. The summed E-state index contributed by atoms with van der Waals surface area (Å²) in [7, 11) is 1.66. The van der Waals surface area contributed by atoms with Gasteiger partial charge in [-0.3, -0.25) is 4.79 Å². The molecule has 1 N–H and O–H groups in total. The summed E-state index contributed by atoms with van der Waals surface area (Å²) in [5.74, 6) is -0.0454. The molecule has 0 unspecified atom stereocenters. The molecular formula is C16H30ClN5O2. The molecule has 0 bridgehead atoms. The predicted molar refractivity (Wildman–Crippen MR) is 95.7 cm³/mol. The van der Waals surface area contributed by atoms with Gasteiger partial charge in [-0.15, -0.1) is 17.5 Å². The molecule has 24 heavy (non-hydrogen) atoms. The van der Waals surface area contributed by atoms with Gasteiger partial charge in [-0.05, 0) is 38.8 Å². The highest BCUT2D eigenvalue weighted by molar-refractivity contribution is 5.92. The molecule has 1 aromatic rings. The van der Waals surface area contributed by atoms with Gasteiger partial charge in [0.25, 0.3) is 5.91 Å². The van der Waals surface area contributed by atoms with Gasteiger partial charge in [0, 0.05) is 19.7 Å². The molecule has 1 saturated heterocycles. The fourth-order valence-corrected chi connectivity index (χ4v) is 3.14. The SMILES string of the molecule is CCC(CC)N(CCOC)C(=O)c1cn(C2CCNCC2)nn1.Cl. The third kappa shape index (κ3) is 5.16. The molecular weight excluding hydrogens is 330 g/mol. The van der Waals surface area contributed by atoms with Crippen molar-refractivity contribution in [2.75, 3.05) is 33.4 Å². The maximum Gasteiger partial charge on any atom is 0.276 e. The van der Waals surface area contributed by atoms with Gasteiger partial charge in [-0.2, -0.15) is 0 Å². The van der Waals surface area contributed by atoms with E-state index in [9.17, 15) is 4.79 Å². The maximum absolute atomic E-state index is 12.8. The van der Waals surface area contributed by atoms with Crippen molar-refractivity contribution in [1.29, 1.82) is 0 Å². The van der Waals surface area contributed by atoms with Crippen LogP contribution in [0.1, 0.15) is 56.1 Å². The molecule has 0 saturated carbocycles. The molecule has 1 aliphatic heterocycles. The molecule has 2 rings (SSSR count). The van der Waals surface area contributed by atoms with Crippen LogP contribution in [-0.4, -0.2) is 65.2 Å². The summed E-state index contributed by atoms with van der Waals surface area (Å²) in [6.07, 6.45) is 5.71. The van der Waals surface area contributed by atoms with Crippen LogP contribution < -0.4 is 5.32 Å². The summed E-state index contributed by atoms with van der Waals surface area (Å²) in [5, 5.41) is 11.7. The van der Waals surface area contributed by atoms with Crippen molar-refractivity contribution in [1.82, 2.24) is 25.2 Å². The van der Waals surface area contributed by atoms with Crippen molar-refractivity contribution in [2.24, 2.45) is 0 Å². The van der Waals surface area contributed by atoms with Crippen LogP contribution in [0.15, 0.2) is 6.20 Å². The molecule has 1 aliphatic rings. The summed E-state index contributed by atoms with van der Waals surface area (Å²) >= 11 is 0. The molecule has 7 nitrogen and oxygen atoms in total. The number of hydrogen-bond acceptors (Lipinski definition) is 5. The zero-order valence-corrected chi connectivity index (χ0v) is 15.7. The standard InChI is InChI=1S/C16H29N5O2.ClH/c1-4-13(5-2)20(10-11-23-3)16(22)15-12-21(19-18-15)14-6-8-17-9-7-14;/h12-14,17H,4-11H2,1-3H3;1H. The largest absolute Gasteiger partial charge is 0.383 e. The van der Waals surface area contributed by atoms with Gasteiger partial charge in [0.15, 0.2) is 5.69 Å². The molecule has 1 amide bonds. The molecule has 1 fully saturated rings. The number of aromatic nitrogens is 3. The third-order valence-corrected chi connectivity index (χ3v) is 4.59. The minimum Gasteiger partial charge on any atom is -0.383 e. The molecule has 0 aliphatic carbocycles. The Morgan fingerprint density at radius 2 is 2.08 bits per heavy atom. The van der Waals surface area contributed by atoms with E-state index in [4.69, 9.17) is 4.74 Å². The van der Waals surface area contributed by atoms with Gasteiger partial charge in [-0.1, -0.05) is 19.1 Å². The average molecular weight is 360 g/mol. The van der Waals surface area contributed by atoms with Crippen LogP contribution in [0.4, 0.5) is 0 Å². The van der Waals surface area contributed by atoms with E-state index in [0.717, 1.165) is 38.8 Å².